The minimum atomic E-state index is -1.61. The van der Waals surface area contributed by atoms with Gasteiger partial charge < -0.3 is 45.1 Å². The highest BCUT2D eigenvalue weighted by molar-refractivity contribution is 5.80. The number of nitrogens with one attached hydrogen (secondary N) is 1. The molecule has 1 fully saturated rings. The largest absolute Gasteiger partial charge is 0.454 e. The monoisotopic (exact) mass is 990 g/mol. The maximum atomic E-state index is 13.4. The lowest BCUT2D eigenvalue weighted by Gasteiger charge is -2.41. The van der Waals surface area contributed by atoms with Gasteiger partial charge in [-0.1, -0.05) is 249 Å². The fourth-order valence-electron chi connectivity index (χ4n) is 8.95. The number of rotatable bonds is 48. The molecule has 11 heteroatoms. The summed E-state index contributed by atoms with van der Waals surface area (Å²) in [6.45, 7) is 5.65. The van der Waals surface area contributed by atoms with E-state index < -0.39 is 67.4 Å². The average molecular weight is 991 g/mol. The molecule has 0 spiro atoms. The Morgan fingerprint density at radius 1 is 0.571 bits per heavy atom. The van der Waals surface area contributed by atoms with E-state index in [-0.39, 0.29) is 19.4 Å². The van der Waals surface area contributed by atoms with Crippen molar-refractivity contribution in [3.63, 3.8) is 0 Å². The molecule has 408 valence electrons. The number of carbonyl (C=O) groups excluding carboxylic acids is 2. The lowest BCUT2D eigenvalue weighted by Crippen LogP contribution is -2.61. The molecule has 0 aromatic heterocycles. The molecule has 1 saturated heterocycles. The van der Waals surface area contributed by atoms with E-state index in [1.54, 1.807) is 6.08 Å². The molecule has 1 heterocycles. The summed E-state index contributed by atoms with van der Waals surface area (Å²) in [5.41, 5.74) is 0. The summed E-state index contributed by atoms with van der Waals surface area (Å²) >= 11 is 0. The summed E-state index contributed by atoms with van der Waals surface area (Å²) in [6.07, 6.45) is 45.8. The number of aliphatic hydroxyl groups is 5. The summed E-state index contributed by atoms with van der Waals surface area (Å²) in [5.74, 6) is -1.20. The second-order valence-corrected chi connectivity index (χ2v) is 20.1. The van der Waals surface area contributed by atoms with Crippen LogP contribution in [0.15, 0.2) is 48.6 Å². The molecule has 8 atom stereocenters. The topological polar surface area (TPSA) is 175 Å². The molecule has 0 bridgehead atoms. The van der Waals surface area contributed by atoms with Crippen LogP contribution in [0.25, 0.3) is 0 Å². The van der Waals surface area contributed by atoms with Crippen molar-refractivity contribution in [2.45, 2.75) is 301 Å². The van der Waals surface area contributed by atoms with Crippen molar-refractivity contribution in [2.75, 3.05) is 13.2 Å². The Balaban J connectivity index is 2.75. The second kappa shape index (κ2) is 47.6. The zero-order chi connectivity index (χ0) is 51.1. The van der Waals surface area contributed by atoms with E-state index in [1.807, 2.05) is 18.2 Å². The van der Waals surface area contributed by atoms with Gasteiger partial charge in [-0.25, -0.2) is 0 Å². The van der Waals surface area contributed by atoms with Crippen molar-refractivity contribution in [1.82, 2.24) is 5.32 Å². The van der Waals surface area contributed by atoms with Gasteiger partial charge in [-0.15, -0.1) is 0 Å². The third-order valence-electron chi connectivity index (χ3n) is 13.6. The van der Waals surface area contributed by atoms with E-state index >= 15 is 0 Å². The van der Waals surface area contributed by atoms with Gasteiger partial charge in [-0.3, -0.25) is 9.59 Å². The number of hydrogen-bond acceptors (Lipinski definition) is 10. The van der Waals surface area contributed by atoms with Crippen molar-refractivity contribution in [3.8, 4) is 0 Å². The Morgan fingerprint density at radius 3 is 1.53 bits per heavy atom. The number of ether oxygens (including phenoxy) is 3. The molecule has 0 radical (unpaired) electrons. The average Bonchev–Trinajstić information content (AvgIpc) is 3.36. The van der Waals surface area contributed by atoms with Crippen LogP contribution in [0.3, 0.4) is 0 Å². The smallest absolute Gasteiger partial charge is 0.306 e. The van der Waals surface area contributed by atoms with Crippen LogP contribution in [0.2, 0.25) is 0 Å². The minimum absolute atomic E-state index is 0.125. The standard InChI is InChI=1S/C59H107NO10/c1-4-7-10-13-16-19-22-25-28-31-34-37-40-43-46-52(63)58(67)60-50(51(62)45-42-39-36-33-30-27-24-21-18-15-12-9-6-3)49-68-59-57(56(66)55(65)53(48-61)69-59)70-54(64)47-44-41-38-35-32-29-26-23-20-17-14-11-8-5-2/h7,10,13,16,19,22,42,45,50-53,55-57,59,61-63,65-66H,4-6,8-9,11-12,14-15,17-18,20-21,23-41,43-44,46-49H2,1-3H3,(H,60,67)/b10-7+,16-13+,22-19+,45-42+. The molecule has 1 rings (SSSR count). The summed E-state index contributed by atoms with van der Waals surface area (Å²) in [6, 6.07) is -1.03. The Hall–Kier alpha value is -2.38. The summed E-state index contributed by atoms with van der Waals surface area (Å²) in [4.78, 5) is 26.4. The third kappa shape index (κ3) is 35.7. The van der Waals surface area contributed by atoms with Crippen molar-refractivity contribution < 1.29 is 49.3 Å². The maximum absolute atomic E-state index is 13.4. The second-order valence-electron chi connectivity index (χ2n) is 20.1. The molecule has 6 N–H and O–H groups in total. The maximum Gasteiger partial charge on any atom is 0.306 e. The van der Waals surface area contributed by atoms with E-state index in [0.717, 1.165) is 83.5 Å². The van der Waals surface area contributed by atoms with Crippen LogP contribution in [0.5, 0.6) is 0 Å². The van der Waals surface area contributed by atoms with Crippen LogP contribution >= 0.6 is 0 Å². The molecule has 0 saturated carbocycles. The number of allylic oxidation sites excluding steroid dienone is 7. The van der Waals surface area contributed by atoms with Gasteiger partial charge in [-0.05, 0) is 44.9 Å². The van der Waals surface area contributed by atoms with Crippen LogP contribution in [-0.4, -0.2) is 99.6 Å². The highest BCUT2D eigenvalue weighted by Gasteiger charge is 2.47. The van der Waals surface area contributed by atoms with E-state index in [2.05, 4.69) is 50.4 Å². The molecule has 0 aliphatic carbocycles. The first-order valence-electron chi connectivity index (χ1n) is 28.9. The highest BCUT2D eigenvalue weighted by atomic mass is 16.7. The van der Waals surface area contributed by atoms with Gasteiger partial charge in [0.25, 0.3) is 0 Å². The van der Waals surface area contributed by atoms with Crippen molar-refractivity contribution in [1.29, 1.82) is 0 Å². The normalized spacial score (nSPS) is 20.0. The van der Waals surface area contributed by atoms with E-state index in [4.69, 9.17) is 14.2 Å². The first-order valence-corrected chi connectivity index (χ1v) is 28.9. The van der Waals surface area contributed by atoms with Gasteiger partial charge in [0.2, 0.25) is 5.91 Å². The third-order valence-corrected chi connectivity index (χ3v) is 13.6. The molecule has 11 nitrogen and oxygen atoms in total. The zero-order valence-electron chi connectivity index (χ0n) is 44.9. The molecule has 8 unspecified atom stereocenters. The molecule has 1 aliphatic heterocycles. The lowest BCUT2D eigenvalue weighted by atomic mass is 9.99. The summed E-state index contributed by atoms with van der Waals surface area (Å²) in [7, 11) is 0. The number of amides is 1. The summed E-state index contributed by atoms with van der Waals surface area (Å²) < 4.78 is 17.6. The highest BCUT2D eigenvalue weighted by Crippen LogP contribution is 2.26. The fraction of sp³-hybridized carbons (Fsp3) is 0.831. The SMILES string of the molecule is CC/C=C/C=C/C=C/CCCCCCCCC(O)C(=O)NC(COC1OC(CO)C(O)C(O)C1OC(=O)CCCCCCCCCCCCCCCC)C(O)/C=C/CCCCCCCCCCCCC. The van der Waals surface area contributed by atoms with E-state index in [9.17, 15) is 35.1 Å². The molecule has 70 heavy (non-hydrogen) atoms. The lowest BCUT2D eigenvalue weighted by molar-refractivity contribution is -0.305. The molecule has 1 aliphatic rings. The van der Waals surface area contributed by atoms with Gasteiger partial charge >= 0.3 is 5.97 Å². The number of aliphatic hydroxyl groups excluding tert-OH is 5. The molecular formula is C59H107NO10. The van der Waals surface area contributed by atoms with E-state index in [1.165, 1.54) is 122 Å². The zero-order valence-corrected chi connectivity index (χ0v) is 44.9. The Labute approximate surface area is 427 Å². The molecule has 1 amide bonds. The fourth-order valence-corrected chi connectivity index (χ4v) is 8.95. The number of carbonyl (C=O) groups is 2. The van der Waals surface area contributed by atoms with Crippen LogP contribution < -0.4 is 5.32 Å². The summed E-state index contributed by atoms with van der Waals surface area (Å²) in [5, 5.41) is 56.8. The molecule has 0 aromatic carbocycles. The first kappa shape index (κ1) is 65.6. The van der Waals surface area contributed by atoms with Crippen LogP contribution in [-0.2, 0) is 23.8 Å². The van der Waals surface area contributed by atoms with Gasteiger partial charge in [0.05, 0.1) is 25.4 Å². The number of hydrogen-bond donors (Lipinski definition) is 6. The van der Waals surface area contributed by atoms with Crippen molar-refractivity contribution in [2.24, 2.45) is 0 Å². The molecular weight excluding hydrogens is 883 g/mol. The minimum Gasteiger partial charge on any atom is -0.454 e. The molecule has 0 aromatic rings. The quantitative estimate of drug-likeness (QED) is 0.0149. The predicted octanol–water partition coefficient (Wildman–Crippen LogP) is 12.9. The number of esters is 1. The predicted molar refractivity (Wildman–Crippen MR) is 287 cm³/mol. The van der Waals surface area contributed by atoms with Gasteiger partial charge in [0.1, 0.15) is 24.4 Å². The van der Waals surface area contributed by atoms with Crippen LogP contribution in [0, 0.1) is 0 Å². The van der Waals surface area contributed by atoms with Crippen molar-refractivity contribution in [3.05, 3.63) is 48.6 Å². The Morgan fingerprint density at radius 2 is 1.03 bits per heavy atom. The van der Waals surface area contributed by atoms with Crippen LogP contribution in [0.4, 0.5) is 0 Å². The van der Waals surface area contributed by atoms with Gasteiger partial charge in [0, 0.05) is 6.42 Å². The van der Waals surface area contributed by atoms with Gasteiger partial charge in [-0.2, -0.15) is 0 Å². The van der Waals surface area contributed by atoms with E-state index in [0.29, 0.717) is 12.8 Å². The van der Waals surface area contributed by atoms with Crippen LogP contribution in [0.1, 0.15) is 252 Å². The Kier molecular flexibility index (Phi) is 44.6. The van der Waals surface area contributed by atoms with Gasteiger partial charge in [0.15, 0.2) is 12.4 Å². The number of unbranched alkanes of at least 4 members (excludes halogenated alkanes) is 30. The Bertz CT molecular complexity index is 1320. The van der Waals surface area contributed by atoms with Crippen molar-refractivity contribution >= 4 is 11.9 Å². The first-order chi connectivity index (χ1) is 34.2.